The molecule has 130 valence electrons. The van der Waals surface area contributed by atoms with Gasteiger partial charge < -0.3 is 14.7 Å². The number of aromatic amines is 2. The van der Waals surface area contributed by atoms with Crippen molar-refractivity contribution in [1.82, 2.24) is 14.5 Å². The summed E-state index contributed by atoms with van der Waals surface area (Å²) in [5.41, 5.74) is 2.06. The number of H-pyrrole nitrogens is 2. The van der Waals surface area contributed by atoms with E-state index in [1.807, 2.05) is 30.3 Å². The van der Waals surface area contributed by atoms with E-state index in [9.17, 15) is 14.4 Å². The first kappa shape index (κ1) is 15.7. The van der Waals surface area contributed by atoms with Gasteiger partial charge in [0, 0.05) is 18.0 Å². The zero-order valence-electron chi connectivity index (χ0n) is 13.5. The largest absolute Gasteiger partial charge is 0.417 e. The highest BCUT2D eigenvalue weighted by Gasteiger charge is 2.15. The number of oxazole rings is 1. The van der Waals surface area contributed by atoms with Crippen LogP contribution in [-0.2, 0) is 6.54 Å². The number of hydrogen-bond donors (Lipinski definition) is 3. The van der Waals surface area contributed by atoms with Crippen molar-refractivity contribution in [3.8, 4) is 0 Å². The Bertz CT molecular complexity index is 1200. The van der Waals surface area contributed by atoms with Crippen molar-refractivity contribution >= 4 is 22.7 Å². The molecule has 0 aliphatic carbocycles. The first-order chi connectivity index (χ1) is 12.6. The summed E-state index contributed by atoms with van der Waals surface area (Å²) in [7, 11) is 0. The minimum absolute atomic E-state index is 0.203. The Morgan fingerprint density at radius 1 is 1.12 bits per heavy atom. The number of carbonyl (C=O) groups excluding carboxylic acids is 1. The van der Waals surface area contributed by atoms with Gasteiger partial charge >= 0.3 is 11.4 Å². The molecule has 0 saturated carbocycles. The van der Waals surface area contributed by atoms with Gasteiger partial charge in [-0.2, -0.15) is 0 Å². The van der Waals surface area contributed by atoms with E-state index in [4.69, 9.17) is 4.42 Å². The van der Waals surface area contributed by atoms with E-state index in [-0.39, 0.29) is 17.9 Å². The molecule has 0 fully saturated rings. The summed E-state index contributed by atoms with van der Waals surface area (Å²) >= 11 is 0. The van der Waals surface area contributed by atoms with Gasteiger partial charge in [-0.05, 0) is 17.7 Å². The van der Waals surface area contributed by atoms with Crippen LogP contribution in [0.25, 0.3) is 11.1 Å². The van der Waals surface area contributed by atoms with Gasteiger partial charge in [0.05, 0.1) is 12.1 Å². The predicted molar refractivity (Wildman–Crippen MR) is 95.4 cm³/mol. The van der Waals surface area contributed by atoms with Crippen LogP contribution < -0.4 is 16.8 Å². The van der Waals surface area contributed by atoms with Gasteiger partial charge in [0.25, 0.3) is 5.91 Å². The van der Waals surface area contributed by atoms with E-state index in [1.54, 1.807) is 12.1 Å². The van der Waals surface area contributed by atoms with Gasteiger partial charge in [0.15, 0.2) is 5.58 Å². The van der Waals surface area contributed by atoms with E-state index in [2.05, 4.69) is 15.3 Å². The molecule has 2 aromatic heterocycles. The first-order valence-electron chi connectivity index (χ1n) is 7.86. The number of benzene rings is 2. The van der Waals surface area contributed by atoms with Crippen LogP contribution in [0.15, 0.2) is 68.7 Å². The Morgan fingerprint density at radius 2 is 1.92 bits per heavy atom. The number of nitrogens with zero attached hydrogens (tertiary/aromatic N) is 1. The van der Waals surface area contributed by atoms with E-state index in [0.717, 1.165) is 5.56 Å². The first-order valence-corrected chi connectivity index (χ1v) is 7.86. The molecule has 0 atom stereocenters. The summed E-state index contributed by atoms with van der Waals surface area (Å²) in [4.78, 5) is 40.9. The number of imidazole rings is 1. The second kappa shape index (κ2) is 6.25. The average molecular weight is 350 g/mol. The van der Waals surface area contributed by atoms with E-state index in [0.29, 0.717) is 16.8 Å². The van der Waals surface area contributed by atoms with Crippen LogP contribution >= 0.6 is 0 Å². The Labute approximate surface area is 146 Å². The molecule has 4 rings (SSSR count). The number of fused-ring (bicyclic) bond motifs is 1. The van der Waals surface area contributed by atoms with Crippen molar-refractivity contribution < 1.29 is 9.21 Å². The lowest BCUT2D eigenvalue weighted by Crippen LogP contribution is -2.24. The molecule has 0 unspecified atom stereocenters. The molecule has 0 aliphatic heterocycles. The summed E-state index contributed by atoms with van der Waals surface area (Å²) < 4.78 is 6.34. The monoisotopic (exact) mass is 350 g/mol. The minimum atomic E-state index is -0.564. The Hall–Kier alpha value is -3.81. The van der Waals surface area contributed by atoms with Crippen LogP contribution in [-0.4, -0.2) is 20.4 Å². The molecule has 8 heteroatoms. The second-order valence-corrected chi connectivity index (χ2v) is 5.73. The smallest absolute Gasteiger partial charge is 0.408 e. The highest BCUT2D eigenvalue weighted by atomic mass is 16.4. The highest BCUT2D eigenvalue weighted by molar-refractivity contribution is 6.03. The van der Waals surface area contributed by atoms with E-state index in [1.165, 1.54) is 16.8 Å². The number of anilines is 1. The van der Waals surface area contributed by atoms with Gasteiger partial charge in [-0.25, -0.2) is 9.59 Å². The Morgan fingerprint density at radius 3 is 2.73 bits per heavy atom. The maximum atomic E-state index is 12.6. The van der Waals surface area contributed by atoms with Crippen LogP contribution in [0.4, 0.5) is 5.69 Å². The van der Waals surface area contributed by atoms with Gasteiger partial charge in [-0.3, -0.25) is 14.3 Å². The standard InChI is InChI=1S/C18H14N4O4/c23-16(20-12-6-7-13-15(8-12)26-18(25)21-13)14-9-19-17(24)22(14)10-11-4-2-1-3-5-11/h1-9H,10H2,(H,19,24)(H,20,23)(H,21,25). The zero-order chi connectivity index (χ0) is 18.1. The van der Waals surface area contributed by atoms with Crippen molar-refractivity contribution in [2.45, 2.75) is 6.54 Å². The topological polar surface area (TPSA) is 113 Å². The summed E-state index contributed by atoms with van der Waals surface area (Å²) in [5, 5.41) is 2.70. The summed E-state index contributed by atoms with van der Waals surface area (Å²) in [5.74, 6) is -1.01. The van der Waals surface area contributed by atoms with Gasteiger partial charge in [0.2, 0.25) is 0 Å². The molecule has 2 heterocycles. The molecule has 3 N–H and O–H groups in total. The normalized spacial score (nSPS) is 10.9. The van der Waals surface area contributed by atoms with Crippen LogP contribution in [0, 0.1) is 0 Å². The SMILES string of the molecule is O=C(Nc1ccc2[nH]c(=O)oc2c1)c1c[nH]c(=O)n1Cc1ccccc1. The van der Waals surface area contributed by atoms with Crippen molar-refractivity contribution in [2.24, 2.45) is 0 Å². The van der Waals surface area contributed by atoms with Crippen molar-refractivity contribution in [2.75, 3.05) is 5.32 Å². The molecule has 2 aromatic carbocycles. The summed E-state index contributed by atoms with van der Waals surface area (Å²) in [6, 6.07) is 14.2. The fourth-order valence-electron chi connectivity index (χ4n) is 2.72. The fraction of sp³-hybridized carbons (Fsp3) is 0.0556. The molecular weight excluding hydrogens is 336 g/mol. The summed E-state index contributed by atoms with van der Waals surface area (Å²) in [6.07, 6.45) is 1.37. The maximum absolute atomic E-state index is 12.6. The number of aromatic nitrogens is 3. The molecule has 26 heavy (non-hydrogen) atoms. The molecule has 0 radical (unpaired) electrons. The van der Waals surface area contributed by atoms with Crippen molar-refractivity contribution in [3.63, 3.8) is 0 Å². The number of nitrogens with one attached hydrogen (secondary N) is 3. The van der Waals surface area contributed by atoms with Gasteiger partial charge in [-0.15, -0.1) is 0 Å². The number of carbonyl (C=O) groups is 1. The second-order valence-electron chi connectivity index (χ2n) is 5.73. The Kier molecular flexibility index (Phi) is 3.77. The lowest BCUT2D eigenvalue weighted by atomic mass is 10.2. The molecule has 0 aliphatic rings. The third-order valence-corrected chi connectivity index (χ3v) is 3.96. The lowest BCUT2D eigenvalue weighted by Gasteiger charge is -2.08. The molecule has 1 amide bonds. The van der Waals surface area contributed by atoms with Crippen LogP contribution in [0.2, 0.25) is 0 Å². The third kappa shape index (κ3) is 2.95. The van der Waals surface area contributed by atoms with Crippen molar-refractivity contribution in [3.05, 3.63) is 87.0 Å². The number of amides is 1. The van der Waals surface area contributed by atoms with Crippen LogP contribution in [0.1, 0.15) is 16.1 Å². The highest BCUT2D eigenvalue weighted by Crippen LogP contribution is 2.17. The maximum Gasteiger partial charge on any atom is 0.417 e. The van der Waals surface area contributed by atoms with E-state index < -0.39 is 11.7 Å². The lowest BCUT2D eigenvalue weighted by molar-refractivity contribution is 0.101. The molecule has 8 nitrogen and oxygen atoms in total. The average Bonchev–Trinajstić information content (AvgIpc) is 3.17. The molecule has 0 spiro atoms. The Balaban J connectivity index is 1.61. The van der Waals surface area contributed by atoms with E-state index >= 15 is 0 Å². The molecule has 0 bridgehead atoms. The fourth-order valence-corrected chi connectivity index (χ4v) is 2.72. The van der Waals surface area contributed by atoms with Gasteiger partial charge in [-0.1, -0.05) is 30.3 Å². The van der Waals surface area contributed by atoms with Crippen molar-refractivity contribution in [1.29, 1.82) is 0 Å². The molecule has 4 aromatic rings. The van der Waals surface area contributed by atoms with Crippen LogP contribution in [0.5, 0.6) is 0 Å². The predicted octanol–water partition coefficient (Wildman–Crippen LogP) is 1.91. The third-order valence-electron chi connectivity index (χ3n) is 3.96. The quantitative estimate of drug-likeness (QED) is 0.522. The summed E-state index contributed by atoms with van der Waals surface area (Å²) in [6.45, 7) is 0.275. The van der Waals surface area contributed by atoms with Gasteiger partial charge in [0.1, 0.15) is 5.69 Å². The zero-order valence-corrected chi connectivity index (χ0v) is 13.5. The number of rotatable bonds is 4. The minimum Gasteiger partial charge on any atom is -0.408 e. The van der Waals surface area contributed by atoms with Crippen LogP contribution in [0.3, 0.4) is 0 Å². The molecular formula is C18H14N4O4. The number of hydrogen-bond acceptors (Lipinski definition) is 4. The molecule has 0 saturated heterocycles.